The van der Waals surface area contributed by atoms with E-state index in [4.69, 9.17) is 21.1 Å². The van der Waals surface area contributed by atoms with Crippen LogP contribution in [0.2, 0.25) is 0 Å². The van der Waals surface area contributed by atoms with Crippen LogP contribution >= 0.6 is 11.6 Å². The maximum atomic E-state index is 13.7. The van der Waals surface area contributed by atoms with Crippen molar-refractivity contribution in [3.05, 3.63) is 59.7 Å². The van der Waals surface area contributed by atoms with E-state index in [-0.39, 0.29) is 30.3 Å². The summed E-state index contributed by atoms with van der Waals surface area (Å²) in [5.74, 6) is 0.599. The molecule has 1 atom stereocenters. The summed E-state index contributed by atoms with van der Waals surface area (Å²) < 4.78 is 10.8. The maximum Gasteiger partial charge on any atom is 0.247 e. The summed E-state index contributed by atoms with van der Waals surface area (Å²) in [4.78, 5) is 28.3. The van der Waals surface area contributed by atoms with Crippen LogP contribution in [0.15, 0.2) is 48.5 Å². The molecule has 0 saturated heterocycles. The van der Waals surface area contributed by atoms with E-state index in [9.17, 15) is 9.59 Å². The van der Waals surface area contributed by atoms with Crippen molar-refractivity contribution in [2.45, 2.75) is 57.2 Å². The maximum absolute atomic E-state index is 13.7. The van der Waals surface area contributed by atoms with Crippen molar-refractivity contribution in [2.75, 3.05) is 20.1 Å². The van der Waals surface area contributed by atoms with E-state index < -0.39 is 6.04 Å². The van der Waals surface area contributed by atoms with E-state index in [0.717, 1.165) is 31.2 Å². The third-order valence-electron chi connectivity index (χ3n) is 6.16. The van der Waals surface area contributed by atoms with Gasteiger partial charge >= 0.3 is 0 Å². The van der Waals surface area contributed by atoms with Crippen LogP contribution < -0.4 is 14.8 Å². The van der Waals surface area contributed by atoms with Gasteiger partial charge in [-0.1, -0.05) is 56.0 Å². The monoisotopic (exact) mass is 472 g/mol. The molecule has 2 aromatic carbocycles. The number of hydrogen-bond acceptors (Lipinski definition) is 4. The Morgan fingerprint density at radius 1 is 1.00 bits per heavy atom. The lowest BCUT2D eigenvalue weighted by atomic mass is 10.0. The number of alkyl halides is 1. The van der Waals surface area contributed by atoms with Gasteiger partial charge in [-0.25, -0.2) is 0 Å². The lowest BCUT2D eigenvalue weighted by Crippen LogP contribution is -2.46. The molecule has 0 heterocycles. The van der Waals surface area contributed by atoms with Gasteiger partial charge in [0.15, 0.2) is 0 Å². The average Bonchev–Trinajstić information content (AvgIpc) is 3.12. The smallest absolute Gasteiger partial charge is 0.247 e. The minimum Gasteiger partial charge on any atom is -0.497 e. The van der Waals surface area contributed by atoms with Gasteiger partial charge < -0.3 is 19.7 Å². The molecule has 1 fully saturated rings. The zero-order valence-electron chi connectivity index (χ0n) is 19.4. The van der Waals surface area contributed by atoms with Crippen molar-refractivity contribution in [3.63, 3.8) is 0 Å². The summed E-state index contributed by atoms with van der Waals surface area (Å²) in [5.41, 5.74) is 1.51. The Labute approximate surface area is 201 Å². The van der Waals surface area contributed by atoms with Crippen molar-refractivity contribution >= 4 is 23.4 Å². The summed E-state index contributed by atoms with van der Waals surface area (Å²) in [6.45, 7) is 0.199. The standard InChI is InChI=1S/C26H33ClN2O4/c1-32-22-15-13-19(14-16-22)25(26(31)28-21-10-5-3-4-6-11-21)29(24(30)17-27)18-20-9-7-8-12-23(20)33-2/h7-9,12-16,21,25H,3-6,10-11,17-18H2,1-2H3,(H,28,31)/t25-/m0/s1. The van der Waals surface area contributed by atoms with Crippen molar-refractivity contribution in [1.82, 2.24) is 10.2 Å². The fourth-order valence-corrected chi connectivity index (χ4v) is 4.53. The molecule has 0 unspecified atom stereocenters. The Kier molecular flexibility index (Phi) is 9.43. The molecule has 1 aliphatic rings. The number of nitrogens with zero attached hydrogens (tertiary/aromatic N) is 1. The molecule has 0 aliphatic heterocycles. The Morgan fingerprint density at radius 2 is 1.67 bits per heavy atom. The van der Waals surface area contributed by atoms with Crippen LogP contribution in [0.1, 0.15) is 55.7 Å². The fourth-order valence-electron chi connectivity index (χ4n) is 4.38. The number of halogens is 1. The molecule has 2 amide bonds. The second-order valence-corrected chi connectivity index (χ2v) is 8.61. The molecule has 1 saturated carbocycles. The molecule has 3 rings (SSSR count). The highest BCUT2D eigenvalue weighted by atomic mass is 35.5. The van der Waals surface area contributed by atoms with Crippen LogP contribution in [0, 0.1) is 0 Å². The third kappa shape index (κ3) is 6.64. The molecular weight excluding hydrogens is 440 g/mol. The Hall–Kier alpha value is -2.73. The molecule has 7 heteroatoms. The van der Waals surface area contributed by atoms with Gasteiger partial charge in [0.1, 0.15) is 23.4 Å². The minimum absolute atomic E-state index is 0.111. The van der Waals surface area contributed by atoms with Crippen LogP contribution in [0.5, 0.6) is 11.5 Å². The van der Waals surface area contributed by atoms with E-state index in [0.29, 0.717) is 17.1 Å². The first-order valence-corrected chi connectivity index (χ1v) is 12.0. The highest BCUT2D eigenvalue weighted by Gasteiger charge is 2.33. The number of hydrogen-bond donors (Lipinski definition) is 1. The van der Waals surface area contributed by atoms with Gasteiger partial charge in [0.05, 0.1) is 20.8 Å². The Balaban J connectivity index is 1.97. The number of nitrogens with one attached hydrogen (secondary N) is 1. The van der Waals surface area contributed by atoms with Crippen LogP contribution in [0.3, 0.4) is 0 Å². The second kappa shape index (κ2) is 12.5. The van der Waals surface area contributed by atoms with E-state index in [1.165, 1.54) is 12.8 Å². The first-order valence-electron chi connectivity index (χ1n) is 11.5. The van der Waals surface area contributed by atoms with Crippen molar-refractivity contribution in [3.8, 4) is 11.5 Å². The lowest BCUT2D eigenvalue weighted by Gasteiger charge is -2.32. The predicted octanol–water partition coefficient (Wildman–Crippen LogP) is 4.85. The molecule has 6 nitrogen and oxygen atoms in total. The van der Waals surface area contributed by atoms with Crippen LogP contribution in [0.25, 0.3) is 0 Å². The third-order valence-corrected chi connectivity index (χ3v) is 6.39. The molecule has 2 aromatic rings. The van der Waals surface area contributed by atoms with Crippen molar-refractivity contribution in [2.24, 2.45) is 0 Å². The van der Waals surface area contributed by atoms with E-state index in [1.54, 1.807) is 31.3 Å². The number of ether oxygens (including phenoxy) is 2. The van der Waals surface area contributed by atoms with Gasteiger partial charge in [-0.3, -0.25) is 9.59 Å². The van der Waals surface area contributed by atoms with Crippen LogP contribution in [-0.2, 0) is 16.1 Å². The number of carbonyl (C=O) groups excluding carboxylic acids is 2. The summed E-state index contributed by atoms with van der Waals surface area (Å²) >= 11 is 6.01. The molecule has 1 N–H and O–H groups in total. The lowest BCUT2D eigenvalue weighted by molar-refractivity contribution is -0.140. The highest BCUT2D eigenvalue weighted by molar-refractivity contribution is 6.27. The van der Waals surface area contributed by atoms with Gasteiger partial charge in [-0.05, 0) is 36.6 Å². The fraction of sp³-hybridized carbons (Fsp3) is 0.462. The molecule has 178 valence electrons. The normalized spacial score (nSPS) is 15.2. The number of carbonyl (C=O) groups is 2. The Bertz CT molecular complexity index is 911. The average molecular weight is 473 g/mol. The number of benzene rings is 2. The van der Waals surface area contributed by atoms with Gasteiger partial charge in [0, 0.05) is 11.6 Å². The van der Waals surface area contributed by atoms with Crippen molar-refractivity contribution in [1.29, 1.82) is 0 Å². The number of para-hydroxylation sites is 1. The molecular formula is C26H33ClN2O4. The number of methoxy groups -OCH3 is 2. The number of rotatable bonds is 9. The number of amides is 2. The molecule has 1 aliphatic carbocycles. The molecule has 0 aromatic heterocycles. The second-order valence-electron chi connectivity index (χ2n) is 8.34. The SMILES string of the molecule is COc1ccc([C@@H](C(=O)NC2CCCCCC2)N(Cc2ccccc2OC)C(=O)CCl)cc1. The predicted molar refractivity (Wildman–Crippen MR) is 130 cm³/mol. The Morgan fingerprint density at radius 3 is 2.27 bits per heavy atom. The largest absolute Gasteiger partial charge is 0.497 e. The van der Waals surface area contributed by atoms with Crippen molar-refractivity contribution < 1.29 is 19.1 Å². The summed E-state index contributed by atoms with van der Waals surface area (Å²) in [6, 6.07) is 14.0. The molecule has 0 bridgehead atoms. The van der Waals surface area contributed by atoms with Crippen LogP contribution in [0.4, 0.5) is 0 Å². The highest BCUT2D eigenvalue weighted by Crippen LogP contribution is 2.29. The first kappa shape index (κ1) is 24.9. The zero-order chi connectivity index (χ0) is 23.6. The van der Waals surface area contributed by atoms with Crippen LogP contribution in [-0.4, -0.2) is 42.9 Å². The quantitative estimate of drug-likeness (QED) is 0.418. The molecule has 33 heavy (non-hydrogen) atoms. The van der Waals surface area contributed by atoms with Gasteiger partial charge in [0.25, 0.3) is 0 Å². The molecule has 0 radical (unpaired) electrons. The van der Waals surface area contributed by atoms with E-state index in [2.05, 4.69) is 5.32 Å². The topological polar surface area (TPSA) is 67.9 Å². The van der Waals surface area contributed by atoms with Gasteiger partial charge in [0.2, 0.25) is 11.8 Å². The molecule has 0 spiro atoms. The van der Waals surface area contributed by atoms with Gasteiger partial charge in [-0.2, -0.15) is 0 Å². The zero-order valence-corrected chi connectivity index (χ0v) is 20.1. The van der Waals surface area contributed by atoms with E-state index >= 15 is 0 Å². The summed E-state index contributed by atoms with van der Waals surface area (Å²) in [5, 5.41) is 3.22. The summed E-state index contributed by atoms with van der Waals surface area (Å²) in [6.07, 6.45) is 6.50. The summed E-state index contributed by atoms with van der Waals surface area (Å²) in [7, 11) is 3.18. The van der Waals surface area contributed by atoms with E-state index in [1.807, 2.05) is 36.4 Å². The van der Waals surface area contributed by atoms with Gasteiger partial charge in [-0.15, -0.1) is 11.6 Å². The first-order chi connectivity index (χ1) is 16.1. The minimum atomic E-state index is -0.824.